The Kier molecular flexibility index (Phi) is 3.56. The summed E-state index contributed by atoms with van der Waals surface area (Å²) >= 11 is 3.45. The summed E-state index contributed by atoms with van der Waals surface area (Å²) in [5.74, 6) is 1.57. The van der Waals surface area contributed by atoms with E-state index in [1.807, 2.05) is 54.6 Å². The van der Waals surface area contributed by atoms with Crippen LogP contribution in [0.25, 0.3) is 22.6 Å². The van der Waals surface area contributed by atoms with Gasteiger partial charge in [0.15, 0.2) is 5.76 Å². The van der Waals surface area contributed by atoms with Gasteiger partial charge in [-0.05, 0) is 36.4 Å². The van der Waals surface area contributed by atoms with Crippen molar-refractivity contribution < 1.29 is 9.26 Å². The molecule has 3 rings (SSSR count). The normalized spacial score (nSPS) is 10.5. The largest absolute Gasteiger partial charge is 0.497 e. The van der Waals surface area contributed by atoms with Crippen LogP contribution in [0, 0.1) is 0 Å². The minimum Gasteiger partial charge on any atom is -0.497 e. The van der Waals surface area contributed by atoms with Crippen molar-refractivity contribution >= 4 is 15.9 Å². The SMILES string of the molecule is COc1ccc(-c2cc(-c3cccc(Br)c3)on2)cc1. The molecule has 3 nitrogen and oxygen atoms in total. The van der Waals surface area contributed by atoms with E-state index in [-0.39, 0.29) is 0 Å². The Bertz CT molecular complexity index is 719. The first-order valence-electron chi connectivity index (χ1n) is 6.13. The van der Waals surface area contributed by atoms with E-state index in [2.05, 4.69) is 21.1 Å². The van der Waals surface area contributed by atoms with Crippen LogP contribution in [0.5, 0.6) is 5.75 Å². The molecular weight excluding hydrogens is 318 g/mol. The highest BCUT2D eigenvalue weighted by Gasteiger charge is 2.08. The van der Waals surface area contributed by atoms with E-state index in [1.54, 1.807) is 7.11 Å². The zero-order valence-corrected chi connectivity index (χ0v) is 12.4. The van der Waals surface area contributed by atoms with Crippen LogP contribution < -0.4 is 4.74 Å². The van der Waals surface area contributed by atoms with Crippen LogP contribution in [0.15, 0.2) is 63.6 Å². The maximum absolute atomic E-state index is 5.41. The van der Waals surface area contributed by atoms with Gasteiger partial charge < -0.3 is 9.26 Å². The van der Waals surface area contributed by atoms with Gasteiger partial charge in [0.2, 0.25) is 0 Å². The molecule has 0 spiro atoms. The second kappa shape index (κ2) is 5.51. The fraction of sp³-hybridized carbons (Fsp3) is 0.0625. The van der Waals surface area contributed by atoms with Gasteiger partial charge >= 0.3 is 0 Å². The van der Waals surface area contributed by atoms with E-state index < -0.39 is 0 Å². The number of halogens is 1. The number of hydrogen-bond donors (Lipinski definition) is 0. The van der Waals surface area contributed by atoms with Crippen molar-refractivity contribution in [3.05, 3.63) is 59.1 Å². The van der Waals surface area contributed by atoms with Gasteiger partial charge in [-0.25, -0.2) is 0 Å². The molecule has 0 unspecified atom stereocenters. The second-order valence-corrected chi connectivity index (χ2v) is 5.23. The zero-order chi connectivity index (χ0) is 13.9. The predicted octanol–water partition coefficient (Wildman–Crippen LogP) is 4.78. The standard InChI is InChI=1S/C16H12BrNO2/c1-19-14-7-5-11(6-8-14)15-10-16(20-18-15)12-3-2-4-13(17)9-12/h2-10H,1H3. The Balaban J connectivity index is 1.93. The van der Waals surface area contributed by atoms with Crippen LogP contribution in [0.3, 0.4) is 0 Å². The third-order valence-electron chi connectivity index (χ3n) is 3.01. The summed E-state index contributed by atoms with van der Waals surface area (Å²) < 4.78 is 11.6. The fourth-order valence-electron chi connectivity index (χ4n) is 1.95. The van der Waals surface area contributed by atoms with Crippen LogP contribution in [0.1, 0.15) is 0 Å². The number of benzene rings is 2. The first-order chi connectivity index (χ1) is 9.76. The van der Waals surface area contributed by atoms with E-state index in [1.165, 1.54) is 0 Å². The van der Waals surface area contributed by atoms with Crippen LogP contribution in [0.4, 0.5) is 0 Å². The quantitative estimate of drug-likeness (QED) is 0.693. The molecule has 0 aliphatic rings. The molecule has 0 radical (unpaired) electrons. The Labute approximate surface area is 125 Å². The smallest absolute Gasteiger partial charge is 0.167 e. The molecule has 0 aliphatic carbocycles. The van der Waals surface area contributed by atoms with Crippen molar-refractivity contribution in [2.24, 2.45) is 0 Å². The van der Waals surface area contributed by atoms with E-state index >= 15 is 0 Å². The highest BCUT2D eigenvalue weighted by molar-refractivity contribution is 9.10. The summed E-state index contributed by atoms with van der Waals surface area (Å²) in [4.78, 5) is 0. The zero-order valence-electron chi connectivity index (χ0n) is 10.8. The lowest BCUT2D eigenvalue weighted by Gasteiger charge is -1.99. The van der Waals surface area contributed by atoms with Crippen molar-refractivity contribution in [3.63, 3.8) is 0 Å². The lowest BCUT2D eigenvalue weighted by atomic mass is 10.1. The summed E-state index contributed by atoms with van der Waals surface area (Å²) in [7, 11) is 1.65. The van der Waals surface area contributed by atoms with Gasteiger partial charge in [-0.15, -0.1) is 0 Å². The Morgan fingerprint density at radius 1 is 1.00 bits per heavy atom. The van der Waals surface area contributed by atoms with E-state index in [0.29, 0.717) is 0 Å². The molecule has 0 saturated heterocycles. The van der Waals surface area contributed by atoms with E-state index in [4.69, 9.17) is 9.26 Å². The highest BCUT2D eigenvalue weighted by Crippen LogP contribution is 2.28. The number of methoxy groups -OCH3 is 1. The summed E-state index contributed by atoms with van der Waals surface area (Å²) in [5, 5.41) is 4.12. The van der Waals surface area contributed by atoms with Gasteiger partial charge in [-0.3, -0.25) is 0 Å². The maximum Gasteiger partial charge on any atom is 0.167 e. The number of ether oxygens (including phenoxy) is 1. The number of hydrogen-bond acceptors (Lipinski definition) is 3. The van der Waals surface area contributed by atoms with Crippen molar-refractivity contribution in [3.8, 4) is 28.3 Å². The topological polar surface area (TPSA) is 35.3 Å². The molecule has 0 bridgehead atoms. The first kappa shape index (κ1) is 12.9. The monoisotopic (exact) mass is 329 g/mol. The van der Waals surface area contributed by atoms with Crippen LogP contribution in [0.2, 0.25) is 0 Å². The molecule has 0 saturated carbocycles. The molecule has 2 aromatic carbocycles. The number of rotatable bonds is 3. The Morgan fingerprint density at radius 3 is 2.50 bits per heavy atom. The Hall–Kier alpha value is -2.07. The molecule has 20 heavy (non-hydrogen) atoms. The molecule has 4 heteroatoms. The number of nitrogens with zero attached hydrogens (tertiary/aromatic N) is 1. The molecule has 0 amide bonds. The summed E-state index contributed by atoms with van der Waals surface area (Å²) in [6.07, 6.45) is 0. The lowest BCUT2D eigenvalue weighted by Crippen LogP contribution is -1.82. The van der Waals surface area contributed by atoms with Crippen molar-refractivity contribution in [1.29, 1.82) is 0 Å². The molecule has 0 N–H and O–H groups in total. The van der Waals surface area contributed by atoms with Gasteiger partial charge in [0.25, 0.3) is 0 Å². The third-order valence-corrected chi connectivity index (χ3v) is 3.50. The molecule has 0 fully saturated rings. The minimum absolute atomic E-state index is 0.747. The summed E-state index contributed by atoms with van der Waals surface area (Å²) in [5.41, 5.74) is 2.80. The molecule has 3 aromatic rings. The van der Waals surface area contributed by atoms with Gasteiger partial charge in [0.1, 0.15) is 11.4 Å². The molecule has 0 aliphatic heterocycles. The van der Waals surface area contributed by atoms with Crippen molar-refractivity contribution in [1.82, 2.24) is 5.16 Å². The number of aromatic nitrogens is 1. The summed E-state index contributed by atoms with van der Waals surface area (Å²) in [6, 6.07) is 17.6. The third kappa shape index (κ3) is 2.60. The Morgan fingerprint density at radius 2 is 1.80 bits per heavy atom. The van der Waals surface area contributed by atoms with Crippen molar-refractivity contribution in [2.45, 2.75) is 0 Å². The highest BCUT2D eigenvalue weighted by atomic mass is 79.9. The van der Waals surface area contributed by atoms with Gasteiger partial charge in [0, 0.05) is 21.7 Å². The maximum atomic E-state index is 5.41. The molecule has 0 atom stereocenters. The minimum atomic E-state index is 0.747. The predicted molar refractivity (Wildman–Crippen MR) is 81.6 cm³/mol. The van der Waals surface area contributed by atoms with E-state index in [0.717, 1.165) is 32.8 Å². The van der Waals surface area contributed by atoms with Gasteiger partial charge in [0.05, 0.1) is 7.11 Å². The first-order valence-corrected chi connectivity index (χ1v) is 6.92. The van der Waals surface area contributed by atoms with E-state index in [9.17, 15) is 0 Å². The molecular formula is C16H12BrNO2. The average Bonchev–Trinajstić information content (AvgIpc) is 2.97. The van der Waals surface area contributed by atoms with Crippen LogP contribution in [-0.4, -0.2) is 12.3 Å². The van der Waals surface area contributed by atoms with Gasteiger partial charge in [-0.1, -0.05) is 33.2 Å². The molecule has 1 aromatic heterocycles. The van der Waals surface area contributed by atoms with Crippen molar-refractivity contribution in [2.75, 3.05) is 7.11 Å². The van der Waals surface area contributed by atoms with Crippen LogP contribution in [-0.2, 0) is 0 Å². The summed E-state index contributed by atoms with van der Waals surface area (Å²) in [6.45, 7) is 0. The molecule has 1 heterocycles. The lowest BCUT2D eigenvalue weighted by molar-refractivity contribution is 0.415. The second-order valence-electron chi connectivity index (χ2n) is 4.32. The fourth-order valence-corrected chi connectivity index (χ4v) is 2.35. The van der Waals surface area contributed by atoms with Crippen LogP contribution >= 0.6 is 15.9 Å². The average molecular weight is 330 g/mol. The van der Waals surface area contributed by atoms with Gasteiger partial charge in [-0.2, -0.15) is 0 Å². The molecule has 100 valence electrons.